The van der Waals surface area contributed by atoms with Crippen LogP contribution in [0.5, 0.6) is 0 Å². The van der Waals surface area contributed by atoms with Gasteiger partial charge in [-0.3, -0.25) is 0 Å². The molecule has 0 radical (unpaired) electrons. The number of aliphatic hydroxyl groups excluding tert-OH is 1. The van der Waals surface area contributed by atoms with Crippen molar-refractivity contribution in [3.63, 3.8) is 0 Å². The Bertz CT molecular complexity index is 1110. The molecule has 138 valence electrons. The summed E-state index contributed by atoms with van der Waals surface area (Å²) in [4.78, 5) is 14.4. The van der Waals surface area contributed by atoms with Crippen LogP contribution in [-0.4, -0.2) is 42.1 Å². The number of aryl methyl sites for hydroxylation is 1. The minimum atomic E-state index is 0.0577. The Kier molecular flexibility index (Phi) is 4.55. The van der Waals surface area contributed by atoms with E-state index in [0.717, 1.165) is 33.5 Å². The molecule has 4 aromatic rings. The Morgan fingerprint density at radius 3 is 2.78 bits per heavy atom. The summed E-state index contributed by atoms with van der Waals surface area (Å²) < 4.78 is 3.65. The monoisotopic (exact) mass is 364 g/mol. The third-order valence-corrected chi connectivity index (χ3v) is 4.58. The van der Waals surface area contributed by atoms with Gasteiger partial charge in [0.2, 0.25) is 0 Å². The van der Waals surface area contributed by atoms with Crippen LogP contribution in [0.2, 0.25) is 0 Å². The number of fused-ring (bicyclic) bond motifs is 3. The molecule has 8 nitrogen and oxygen atoms in total. The van der Waals surface area contributed by atoms with Gasteiger partial charge in [-0.2, -0.15) is 0 Å². The Labute approximate surface area is 155 Å². The maximum Gasteiger partial charge on any atom is 0.192 e. The number of nitrogens with zero attached hydrogens (tertiary/aromatic N) is 6. The molecule has 0 atom stereocenters. The average Bonchev–Trinajstić information content (AvgIpc) is 3.20. The van der Waals surface area contributed by atoms with Crippen molar-refractivity contribution in [2.45, 2.75) is 27.0 Å². The second kappa shape index (κ2) is 7.16. The predicted octanol–water partition coefficient (Wildman–Crippen LogP) is 2.24. The van der Waals surface area contributed by atoms with Crippen LogP contribution in [-0.2, 0) is 18.0 Å². The zero-order chi connectivity index (χ0) is 18.8. The Morgan fingerprint density at radius 2 is 2.00 bits per heavy atom. The van der Waals surface area contributed by atoms with Gasteiger partial charge in [0.05, 0.1) is 18.2 Å². The molecule has 27 heavy (non-hydrogen) atoms. The normalized spacial score (nSPS) is 11.8. The topological polar surface area (TPSA) is 89.8 Å². The van der Waals surface area contributed by atoms with Gasteiger partial charge in [0.25, 0.3) is 0 Å². The number of hydrogen-bond donors (Lipinski definition) is 1. The van der Waals surface area contributed by atoms with Crippen LogP contribution in [0.3, 0.4) is 0 Å². The van der Waals surface area contributed by atoms with Gasteiger partial charge in [-0.05, 0) is 25.0 Å². The van der Waals surface area contributed by atoms with E-state index >= 15 is 0 Å². The van der Waals surface area contributed by atoms with Gasteiger partial charge in [-0.1, -0.05) is 35.5 Å². The van der Waals surface area contributed by atoms with E-state index in [1.54, 1.807) is 17.1 Å². The summed E-state index contributed by atoms with van der Waals surface area (Å²) in [6.07, 6.45) is 3.28. The first-order chi connectivity index (χ1) is 13.2. The number of rotatable bonds is 6. The fraction of sp³-hybridized carbons (Fsp3) is 0.263. The largest absolute Gasteiger partial charge is 0.395 e. The van der Waals surface area contributed by atoms with E-state index in [1.165, 1.54) is 0 Å². The fourth-order valence-electron chi connectivity index (χ4n) is 3.14. The summed E-state index contributed by atoms with van der Waals surface area (Å²) >= 11 is 0. The van der Waals surface area contributed by atoms with Crippen molar-refractivity contribution in [2.75, 3.05) is 6.61 Å². The molecule has 0 unspecified atom stereocenters. The summed E-state index contributed by atoms with van der Waals surface area (Å²) in [5.74, 6) is 0.529. The molecule has 1 N–H and O–H groups in total. The maximum atomic E-state index is 9.32. The summed E-state index contributed by atoms with van der Waals surface area (Å²) in [6, 6.07) is 9.72. The summed E-state index contributed by atoms with van der Waals surface area (Å²) in [6.45, 7) is 4.77. The van der Waals surface area contributed by atoms with E-state index in [0.29, 0.717) is 12.4 Å². The van der Waals surface area contributed by atoms with E-state index in [-0.39, 0.29) is 13.2 Å². The van der Waals surface area contributed by atoms with Crippen LogP contribution in [0.4, 0.5) is 0 Å². The Hall–Kier alpha value is -3.26. The van der Waals surface area contributed by atoms with Crippen molar-refractivity contribution in [3.8, 4) is 0 Å². The summed E-state index contributed by atoms with van der Waals surface area (Å²) in [5, 5.41) is 18.6. The highest BCUT2D eigenvalue weighted by atomic mass is 16.6. The number of aromatic nitrogens is 5. The quantitative estimate of drug-likeness (QED) is 0.419. The molecule has 0 amide bonds. The molecule has 1 aromatic carbocycles. The van der Waals surface area contributed by atoms with Gasteiger partial charge < -0.3 is 14.5 Å². The molecule has 0 bridgehead atoms. The zero-order valence-corrected chi connectivity index (χ0v) is 15.2. The lowest BCUT2D eigenvalue weighted by Crippen LogP contribution is -2.05. The average molecular weight is 364 g/mol. The second-order valence-electron chi connectivity index (χ2n) is 6.24. The number of hydrogen-bond acceptors (Lipinski definition) is 6. The van der Waals surface area contributed by atoms with Crippen molar-refractivity contribution >= 4 is 22.9 Å². The van der Waals surface area contributed by atoms with Crippen LogP contribution in [0, 0.1) is 13.8 Å². The minimum Gasteiger partial charge on any atom is -0.395 e. The third-order valence-electron chi connectivity index (χ3n) is 4.58. The minimum absolute atomic E-state index is 0.0577. The Morgan fingerprint density at radius 1 is 1.19 bits per heavy atom. The van der Waals surface area contributed by atoms with E-state index < -0.39 is 0 Å². The number of aliphatic hydroxyl groups is 1. The lowest BCUT2D eigenvalue weighted by atomic mass is 10.2. The lowest BCUT2D eigenvalue weighted by molar-refractivity contribution is 0.126. The van der Waals surface area contributed by atoms with Crippen molar-refractivity contribution in [1.29, 1.82) is 0 Å². The van der Waals surface area contributed by atoms with Gasteiger partial charge in [0, 0.05) is 12.2 Å². The molecule has 0 aliphatic heterocycles. The molecule has 4 rings (SSSR count). The highest BCUT2D eigenvalue weighted by Gasteiger charge is 2.17. The molecule has 0 saturated heterocycles. The predicted molar refractivity (Wildman–Crippen MR) is 102 cm³/mol. The standard InChI is InChI=1S/C19H20N6O2/c1-13-14(2)24(8-9-26)18-17(13)19-22-16(23-25(19)12-20-18)11-27-21-10-15-6-4-3-5-7-15/h3-7,10,12,26H,8-9,11H2,1-2H3. The van der Waals surface area contributed by atoms with E-state index in [9.17, 15) is 5.11 Å². The van der Waals surface area contributed by atoms with Gasteiger partial charge in [0.1, 0.15) is 12.0 Å². The first-order valence-corrected chi connectivity index (χ1v) is 8.70. The molecular weight excluding hydrogens is 344 g/mol. The molecule has 0 saturated carbocycles. The zero-order valence-electron chi connectivity index (χ0n) is 15.2. The molecule has 0 fully saturated rings. The van der Waals surface area contributed by atoms with Crippen molar-refractivity contribution in [2.24, 2.45) is 5.16 Å². The van der Waals surface area contributed by atoms with Crippen molar-refractivity contribution in [3.05, 3.63) is 59.3 Å². The van der Waals surface area contributed by atoms with Crippen LogP contribution in [0.1, 0.15) is 22.6 Å². The van der Waals surface area contributed by atoms with Gasteiger partial charge in [-0.15, -0.1) is 5.10 Å². The molecule has 3 heterocycles. The van der Waals surface area contributed by atoms with E-state index in [1.807, 2.05) is 48.7 Å². The van der Waals surface area contributed by atoms with Gasteiger partial charge in [0.15, 0.2) is 18.1 Å². The van der Waals surface area contributed by atoms with Crippen molar-refractivity contribution < 1.29 is 9.94 Å². The molecule has 8 heteroatoms. The molecule has 3 aromatic heterocycles. The summed E-state index contributed by atoms with van der Waals surface area (Å²) in [5.41, 5.74) is 4.63. The molecule has 0 aliphatic carbocycles. The van der Waals surface area contributed by atoms with Gasteiger partial charge in [-0.25, -0.2) is 14.5 Å². The number of oxime groups is 1. The van der Waals surface area contributed by atoms with Crippen molar-refractivity contribution in [1.82, 2.24) is 24.1 Å². The van der Waals surface area contributed by atoms with Gasteiger partial charge >= 0.3 is 0 Å². The van der Waals surface area contributed by atoms with Crippen LogP contribution in [0.25, 0.3) is 16.7 Å². The number of benzene rings is 1. The summed E-state index contributed by atoms with van der Waals surface area (Å²) in [7, 11) is 0. The lowest BCUT2D eigenvalue weighted by Gasteiger charge is -2.04. The highest BCUT2D eigenvalue weighted by Crippen LogP contribution is 2.26. The molecule has 0 spiro atoms. The maximum absolute atomic E-state index is 9.32. The third kappa shape index (κ3) is 3.15. The molecule has 0 aliphatic rings. The van der Waals surface area contributed by atoms with E-state index in [2.05, 4.69) is 20.2 Å². The SMILES string of the molecule is Cc1c(C)n(CCO)c2ncn3nc(CON=Cc4ccccc4)nc3c12. The first-order valence-electron chi connectivity index (χ1n) is 8.70. The highest BCUT2D eigenvalue weighted by molar-refractivity contribution is 5.93. The fourth-order valence-corrected chi connectivity index (χ4v) is 3.14. The van der Waals surface area contributed by atoms with Crippen LogP contribution in [0.15, 0.2) is 41.8 Å². The smallest absolute Gasteiger partial charge is 0.192 e. The van der Waals surface area contributed by atoms with E-state index in [4.69, 9.17) is 4.84 Å². The molecular formula is C19H20N6O2. The second-order valence-corrected chi connectivity index (χ2v) is 6.24. The van der Waals surface area contributed by atoms with Crippen LogP contribution >= 0.6 is 0 Å². The Balaban J connectivity index is 1.61. The van der Waals surface area contributed by atoms with Crippen LogP contribution < -0.4 is 0 Å². The first kappa shape index (κ1) is 17.2.